The second-order valence-corrected chi connectivity index (χ2v) is 4.36. The second-order valence-electron chi connectivity index (χ2n) is 4.36. The summed E-state index contributed by atoms with van der Waals surface area (Å²) in [6.07, 6.45) is 1.12. The Morgan fingerprint density at radius 1 is 1.41 bits per heavy atom. The third kappa shape index (κ3) is 2.97. The molecule has 112 valence electrons. The molecule has 0 spiro atoms. The molecule has 0 saturated heterocycles. The van der Waals surface area contributed by atoms with Gasteiger partial charge in [-0.3, -0.25) is 0 Å². The van der Waals surface area contributed by atoms with Crippen molar-refractivity contribution in [3.63, 3.8) is 0 Å². The minimum atomic E-state index is -0.662. The maximum absolute atomic E-state index is 12.1. The summed E-state index contributed by atoms with van der Waals surface area (Å²) in [5, 5.41) is 12.6. The zero-order valence-corrected chi connectivity index (χ0v) is 11.7. The molecule has 2 heterocycles. The number of benzene rings is 1. The first-order chi connectivity index (χ1) is 10.8. The quantitative estimate of drug-likeness (QED) is 0.563. The largest absolute Gasteiger partial charge is 0.422 e. The number of nitrogens with zero attached hydrogens (tertiary/aromatic N) is 5. The number of aromatic amines is 1. The second kappa shape index (κ2) is 6.12. The summed E-state index contributed by atoms with van der Waals surface area (Å²) in [7, 11) is 0. The Bertz CT molecular complexity index is 775. The van der Waals surface area contributed by atoms with E-state index in [0.717, 1.165) is 0 Å². The van der Waals surface area contributed by atoms with Crippen LogP contribution in [-0.4, -0.2) is 37.3 Å². The summed E-state index contributed by atoms with van der Waals surface area (Å²) < 4.78 is 10.4. The number of aliphatic imine (C=N–C) groups is 1. The predicted octanol–water partition coefficient (Wildman–Crippen LogP) is 1.82. The number of hydrogen-bond acceptors (Lipinski definition) is 8. The minimum Gasteiger partial charge on any atom is -0.422 e. The highest BCUT2D eigenvalue weighted by Crippen LogP contribution is 2.21. The first kappa shape index (κ1) is 13.9. The van der Waals surface area contributed by atoms with Crippen molar-refractivity contribution in [3.05, 3.63) is 24.3 Å². The van der Waals surface area contributed by atoms with Gasteiger partial charge >= 0.3 is 18.0 Å². The number of rotatable bonds is 5. The highest BCUT2D eigenvalue weighted by Gasteiger charge is 2.17. The van der Waals surface area contributed by atoms with Gasteiger partial charge < -0.3 is 9.15 Å². The molecule has 0 atom stereocenters. The molecule has 0 unspecified atom stereocenters. The molecule has 3 aromatic rings. The fourth-order valence-corrected chi connectivity index (χ4v) is 1.80. The van der Waals surface area contributed by atoms with Gasteiger partial charge in [0.15, 0.2) is 5.58 Å². The lowest BCUT2D eigenvalue weighted by Crippen LogP contribution is -2.20. The van der Waals surface area contributed by atoms with Crippen LogP contribution in [0.4, 0.5) is 6.01 Å². The van der Waals surface area contributed by atoms with Crippen molar-refractivity contribution in [2.75, 3.05) is 0 Å². The summed E-state index contributed by atoms with van der Waals surface area (Å²) in [6.45, 7) is 1.92. The molecule has 0 radical (unpaired) electrons. The number of hydrogen-bond donors (Lipinski definition) is 1. The molecular weight excluding hydrogens is 288 g/mol. The third-order valence-electron chi connectivity index (χ3n) is 2.75. The van der Waals surface area contributed by atoms with Crippen LogP contribution in [0, 0.1) is 0 Å². The van der Waals surface area contributed by atoms with Gasteiger partial charge in [-0.25, -0.2) is 4.79 Å². The van der Waals surface area contributed by atoms with Gasteiger partial charge in [-0.05, 0) is 23.8 Å². The Balaban J connectivity index is 1.87. The van der Waals surface area contributed by atoms with E-state index >= 15 is 0 Å². The van der Waals surface area contributed by atoms with E-state index in [9.17, 15) is 4.79 Å². The van der Waals surface area contributed by atoms with E-state index in [1.165, 1.54) is 0 Å². The summed E-state index contributed by atoms with van der Waals surface area (Å²) in [4.78, 5) is 20.4. The molecule has 22 heavy (non-hydrogen) atoms. The smallest absolute Gasteiger partial charge is 0.363 e. The zero-order chi connectivity index (χ0) is 15.4. The predicted molar refractivity (Wildman–Crippen MR) is 75.8 cm³/mol. The van der Waals surface area contributed by atoms with Crippen LogP contribution in [0.25, 0.3) is 11.1 Å². The van der Waals surface area contributed by atoms with Gasteiger partial charge in [0.05, 0.1) is 0 Å². The number of fused-ring (bicyclic) bond motifs is 1. The van der Waals surface area contributed by atoms with E-state index in [0.29, 0.717) is 23.9 Å². The summed E-state index contributed by atoms with van der Waals surface area (Å²) in [5.41, 5.74) is 1.45. The first-order valence-electron chi connectivity index (χ1n) is 6.65. The average molecular weight is 300 g/mol. The molecule has 9 heteroatoms. The summed E-state index contributed by atoms with van der Waals surface area (Å²) in [5.74, 6) is -0.662. The molecule has 0 aliphatic carbocycles. The molecular formula is C13H12N6O3. The third-order valence-corrected chi connectivity index (χ3v) is 2.75. The Kier molecular flexibility index (Phi) is 3.86. The average Bonchev–Trinajstić information content (AvgIpc) is 3.15. The van der Waals surface area contributed by atoms with Gasteiger partial charge in [-0.15, -0.1) is 0 Å². The van der Waals surface area contributed by atoms with Crippen molar-refractivity contribution in [3.8, 4) is 6.01 Å². The van der Waals surface area contributed by atoms with Crippen molar-refractivity contribution in [1.29, 1.82) is 0 Å². The van der Waals surface area contributed by atoms with Crippen molar-refractivity contribution in [2.45, 2.75) is 19.8 Å². The fourth-order valence-electron chi connectivity index (χ4n) is 1.80. The number of ether oxygens (including phenoxy) is 1. The zero-order valence-electron chi connectivity index (χ0n) is 11.7. The highest BCUT2D eigenvalue weighted by molar-refractivity contribution is 6.37. The van der Waals surface area contributed by atoms with Gasteiger partial charge in [0.2, 0.25) is 0 Å². The molecule has 0 bridgehead atoms. The van der Waals surface area contributed by atoms with Crippen LogP contribution in [0.3, 0.4) is 0 Å². The van der Waals surface area contributed by atoms with E-state index in [4.69, 9.17) is 9.15 Å². The normalized spacial score (nSPS) is 11.8. The number of oxazole rings is 1. The van der Waals surface area contributed by atoms with Gasteiger partial charge in [0.1, 0.15) is 11.2 Å². The molecule has 0 aliphatic heterocycles. The molecule has 2 aromatic heterocycles. The van der Waals surface area contributed by atoms with E-state index < -0.39 is 5.97 Å². The molecule has 0 aliphatic rings. The summed E-state index contributed by atoms with van der Waals surface area (Å²) >= 11 is 0. The Morgan fingerprint density at radius 2 is 2.27 bits per heavy atom. The van der Waals surface area contributed by atoms with Crippen LogP contribution in [0.2, 0.25) is 0 Å². The number of para-hydroxylation sites is 2. The van der Waals surface area contributed by atoms with E-state index in [-0.39, 0.29) is 17.7 Å². The molecule has 9 nitrogen and oxygen atoms in total. The Hall–Kier alpha value is -3.10. The van der Waals surface area contributed by atoms with Gasteiger partial charge in [-0.1, -0.05) is 35.7 Å². The number of tetrazole rings is 1. The monoisotopic (exact) mass is 300 g/mol. The van der Waals surface area contributed by atoms with E-state index in [1.807, 2.05) is 19.1 Å². The fraction of sp³-hybridized carbons (Fsp3) is 0.231. The molecule has 0 amide bonds. The maximum atomic E-state index is 12.1. The van der Waals surface area contributed by atoms with Gasteiger partial charge in [0.25, 0.3) is 0 Å². The van der Waals surface area contributed by atoms with E-state index in [1.54, 1.807) is 12.1 Å². The number of H-pyrrole nitrogens is 1. The summed E-state index contributed by atoms with van der Waals surface area (Å²) in [6, 6.07) is 7.20. The lowest BCUT2D eigenvalue weighted by Gasteiger charge is -2.01. The molecule has 1 N–H and O–H groups in total. The van der Waals surface area contributed by atoms with Crippen molar-refractivity contribution >= 4 is 28.8 Å². The van der Waals surface area contributed by atoms with Crippen LogP contribution in [-0.2, 0) is 4.79 Å². The number of nitrogens with one attached hydrogen (secondary N) is 1. The van der Waals surface area contributed by atoms with Crippen LogP contribution >= 0.6 is 0 Å². The molecule has 3 rings (SSSR count). The SMILES string of the molecule is CCCC(=Nc1nc2ccccc2o1)C(=O)Oc1nn[nH]n1. The van der Waals surface area contributed by atoms with Gasteiger partial charge in [0, 0.05) is 0 Å². The van der Waals surface area contributed by atoms with Crippen molar-refractivity contribution in [1.82, 2.24) is 25.6 Å². The Labute approximate surface area is 124 Å². The first-order valence-corrected chi connectivity index (χ1v) is 6.65. The standard InChI is InChI=1S/C13H12N6O3/c1-2-5-9(11(20)22-13-16-18-19-17-13)15-12-14-8-6-3-4-7-10(8)21-12/h3-4,6-7H,2,5H2,1H3,(H,16,17,18,19). The number of aromatic nitrogens is 5. The molecule has 0 saturated carbocycles. The topological polar surface area (TPSA) is 119 Å². The number of esters is 1. The lowest BCUT2D eigenvalue weighted by atomic mass is 10.2. The van der Waals surface area contributed by atoms with Crippen LogP contribution in [0.5, 0.6) is 6.01 Å². The van der Waals surface area contributed by atoms with Crippen molar-refractivity contribution in [2.24, 2.45) is 4.99 Å². The van der Waals surface area contributed by atoms with Gasteiger partial charge in [-0.2, -0.15) is 15.2 Å². The minimum absolute atomic E-state index is 0.106. The molecule has 0 fully saturated rings. The Morgan fingerprint density at radius 3 is 3.00 bits per heavy atom. The highest BCUT2D eigenvalue weighted by atomic mass is 16.6. The van der Waals surface area contributed by atoms with Crippen LogP contribution in [0.1, 0.15) is 19.8 Å². The van der Waals surface area contributed by atoms with Crippen molar-refractivity contribution < 1.29 is 13.9 Å². The van der Waals surface area contributed by atoms with E-state index in [2.05, 4.69) is 30.6 Å². The molecule has 1 aromatic carbocycles. The maximum Gasteiger partial charge on any atom is 0.363 e. The lowest BCUT2D eigenvalue weighted by molar-refractivity contribution is -0.127. The number of carbonyl (C=O) groups excluding carboxylic acids is 1. The van der Waals surface area contributed by atoms with Crippen LogP contribution < -0.4 is 4.74 Å². The van der Waals surface area contributed by atoms with Crippen LogP contribution in [0.15, 0.2) is 33.7 Å². The number of carbonyl (C=O) groups is 1.